The number of likely N-dealkylation sites (tertiary alicyclic amines) is 1. The third-order valence-electron chi connectivity index (χ3n) is 2.71. The summed E-state index contributed by atoms with van der Waals surface area (Å²) in [7, 11) is 0. The minimum Gasteiger partial charge on any atom is -0.375 e. The quantitative estimate of drug-likeness (QED) is 0.738. The zero-order chi connectivity index (χ0) is 10.7. The lowest BCUT2D eigenvalue weighted by molar-refractivity contribution is 0.0326. The molecule has 0 aromatic heterocycles. The van der Waals surface area contributed by atoms with Crippen molar-refractivity contribution in [2.75, 3.05) is 19.7 Å². The summed E-state index contributed by atoms with van der Waals surface area (Å²) >= 11 is 0. The van der Waals surface area contributed by atoms with Gasteiger partial charge in [-0.2, -0.15) is 0 Å². The van der Waals surface area contributed by atoms with E-state index in [1.54, 1.807) is 0 Å². The van der Waals surface area contributed by atoms with Gasteiger partial charge < -0.3 is 10.5 Å². The molecule has 0 saturated carbocycles. The summed E-state index contributed by atoms with van der Waals surface area (Å²) in [5.41, 5.74) is 6.03. The number of nitrogens with two attached hydrogens (primary N) is 1. The number of ether oxygens (including phenoxy) is 1. The van der Waals surface area contributed by atoms with Crippen molar-refractivity contribution in [3.63, 3.8) is 0 Å². The Bertz CT molecular complexity index is 171. The molecule has 0 spiro atoms. The first-order chi connectivity index (χ1) is 6.50. The Morgan fingerprint density at radius 2 is 1.93 bits per heavy atom. The Kier molecular flexibility index (Phi) is 4.35. The lowest BCUT2D eigenvalue weighted by Crippen LogP contribution is -2.36. The normalized spacial score (nSPS) is 29.4. The fourth-order valence-corrected chi connectivity index (χ4v) is 1.74. The maximum absolute atomic E-state index is 6.03. The van der Waals surface area contributed by atoms with Crippen LogP contribution in [-0.2, 0) is 4.74 Å². The summed E-state index contributed by atoms with van der Waals surface area (Å²) in [5, 5.41) is 0. The van der Waals surface area contributed by atoms with Gasteiger partial charge in [0.1, 0.15) is 0 Å². The fourth-order valence-electron chi connectivity index (χ4n) is 1.74. The number of hydrogen-bond donors (Lipinski definition) is 1. The van der Waals surface area contributed by atoms with Crippen LogP contribution in [0.1, 0.15) is 27.7 Å². The Morgan fingerprint density at radius 3 is 2.36 bits per heavy atom. The molecule has 1 saturated heterocycles. The molecule has 0 radical (unpaired) electrons. The van der Waals surface area contributed by atoms with E-state index in [1.165, 1.54) is 0 Å². The van der Waals surface area contributed by atoms with Crippen LogP contribution in [0.25, 0.3) is 0 Å². The first kappa shape index (κ1) is 12.0. The minimum absolute atomic E-state index is 0.191. The highest BCUT2D eigenvalue weighted by molar-refractivity contribution is 4.89. The Morgan fingerprint density at radius 1 is 1.29 bits per heavy atom. The SMILES string of the molecule is CC(C)COC1CN(C(C)C)CC1N. The van der Waals surface area contributed by atoms with E-state index in [0.29, 0.717) is 12.0 Å². The molecule has 1 rings (SSSR count). The third-order valence-corrected chi connectivity index (χ3v) is 2.71. The number of hydrogen-bond acceptors (Lipinski definition) is 3. The maximum atomic E-state index is 6.03. The van der Waals surface area contributed by atoms with Gasteiger partial charge in [-0.1, -0.05) is 13.8 Å². The van der Waals surface area contributed by atoms with Gasteiger partial charge in [-0.25, -0.2) is 0 Å². The standard InChI is InChI=1S/C11H24N2O/c1-8(2)7-14-11-6-13(9(3)4)5-10(11)12/h8-11H,5-7,12H2,1-4H3. The van der Waals surface area contributed by atoms with Crippen LogP contribution in [0.4, 0.5) is 0 Å². The summed E-state index contributed by atoms with van der Waals surface area (Å²) in [6, 6.07) is 0.768. The van der Waals surface area contributed by atoms with Gasteiger partial charge in [0, 0.05) is 31.8 Å². The van der Waals surface area contributed by atoms with Crippen LogP contribution >= 0.6 is 0 Å². The van der Waals surface area contributed by atoms with Crippen LogP contribution in [0.3, 0.4) is 0 Å². The first-order valence-electron chi connectivity index (χ1n) is 5.62. The second-order valence-electron chi connectivity index (χ2n) is 4.98. The molecule has 14 heavy (non-hydrogen) atoms. The summed E-state index contributed by atoms with van der Waals surface area (Å²) in [6.07, 6.45) is 0.236. The van der Waals surface area contributed by atoms with Crippen molar-refractivity contribution in [1.29, 1.82) is 0 Å². The third kappa shape index (κ3) is 3.23. The molecule has 2 unspecified atom stereocenters. The van der Waals surface area contributed by atoms with Crippen LogP contribution < -0.4 is 5.73 Å². The fraction of sp³-hybridized carbons (Fsp3) is 1.00. The van der Waals surface area contributed by atoms with E-state index in [1.807, 2.05) is 0 Å². The van der Waals surface area contributed by atoms with Crippen LogP contribution in [-0.4, -0.2) is 42.8 Å². The van der Waals surface area contributed by atoms with Gasteiger partial charge in [0.05, 0.1) is 6.10 Å². The van der Waals surface area contributed by atoms with E-state index in [2.05, 4.69) is 32.6 Å². The van der Waals surface area contributed by atoms with Crippen molar-refractivity contribution in [3.8, 4) is 0 Å². The molecule has 3 nitrogen and oxygen atoms in total. The smallest absolute Gasteiger partial charge is 0.0865 e. The highest BCUT2D eigenvalue weighted by Crippen LogP contribution is 2.15. The van der Waals surface area contributed by atoms with Crippen molar-refractivity contribution in [1.82, 2.24) is 4.90 Å². The zero-order valence-corrected chi connectivity index (χ0v) is 9.86. The summed E-state index contributed by atoms with van der Waals surface area (Å²) in [5.74, 6) is 0.593. The monoisotopic (exact) mass is 200 g/mol. The van der Waals surface area contributed by atoms with E-state index < -0.39 is 0 Å². The number of rotatable bonds is 4. The van der Waals surface area contributed by atoms with Gasteiger partial charge in [0.2, 0.25) is 0 Å². The molecule has 0 aliphatic carbocycles. The maximum Gasteiger partial charge on any atom is 0.0865 e. The van der Waals surface area contributed by atoms with Gasteiger partial charge in [-0.05, 0) is 19.8 Å². The van der Waals surface area contributed by atoms with Crippen molar-refractivity contribution in [3.05, 3.63) is 0 Å². The van der Waals surface area contributed by atoms with Crippen LogP contribution in [0.5, 0.6) is 0 Å². The topological polar surface area (TPSA) is 38.5 Å². The molecule has 0 amide bonds. The molecule has 2 N–H and O–H groups in total. The predicted octanol–water partition coefficient (Wildman–Crippen LogP) is 1.08. The molecule has 84 valence electrons. The largest absolute Gasteiger partial charge is 0.375 e. The summed E-state index contributed by atoms with van der Waals surface area (Å²) < 4.78 is 5.79. The number of nitrogens with zero attached hydrogens (tertiary/aromatic N) is 1. The van der Waals surface area contributed by atoms with Crippen molar-refractivity contribution in [2.45, 2.75) is 45.9 Å². The second kappa shape index (κ2) is 5.10. The van der Waals surface area contributed by atoms with Crippen LogP contribution in [0.2, 0.25) is 0 Å². The highest BCUT2D eigenvalue weighted by Gasteiger charge is 2.31. The molecule has 1 fully saturated rings. The van der Waals surface area contributed by atoms with E-state index in [0.717, 1.165) is 19.7 Å². The van der Waals surface area contributed by atoms with Crippen LogP contribution in [0, 0.1) is 5.92 Å². The minimum atomic E-state index is 0.191. The van der Waals surface area contributed by atoms with Gasteiger partial charge in [-0.15, -0.1) is 0 Å². The van der Waals surface area contributed by atoms with Gasteiger partial charge >= 0.3 is 0 Å². The lowest BCUT2D eigenvalue weighted by atomic mass is 10.2. The summed E-state index contributed by atoms with van der Waals surface area (Å²) in [4.78, 5) is 2.38. The molecular weight excluding hydrogens is 176 g/mol. The predicted molar refractivity (Wildman–Crippen MR) is 59.3 cm³/mol. The van der Waals surface area contributed by atoms with Crippen molar-refractivity contribution < 1.29 is 4.74 Å². The first-order valence-corrected chi connectivity index (χ1v) is 5.62. The Hall–Kier alpha value is -0.120. The lowest BCUT2D eigenvalue weighted by Gasteiger charge is -2.20. The molecule has 0 aromatic carbocycles. The average molecular weight is 200 g/mol. The van der Waals surface area contributed by atoms with Gasteiger partial charge in [0.15, 0.2) is 0 Å². The second-order valence-corrected chi connectivity index (χ2v) is 4.98. The van der Waals surface area contributed by atoms with E-state index in [9.17, 15) is 0 Å². The molecule has 0 aromatic rings. The molecule has 1 aliphatic rings. The summed E-state index contributed by atoms with van der Waals surface area (Å²) in [6.45, 7) is 11.5. The van der Waals surface area contributed by atoms with E-state index in [-0.39, 0.29) is 12.1 Å². The van der Waals surface area contributed by atoms with E-state index >= 15 is 0 Å². The van der Waals surface area contributed by atoms with Crippen molar-refractivity contribution in [2.24, 2.45) is 11.7 Å². The van der Waals surface area contributed by atoms with Crippen molar-refractivity contribution >= 4 is 0 Å². The molecular formula is C11H24N2O. The molecule has 0 bridgehead atoms. The molecule has 1 aliphatic heterocycles. The van der Waals surface area contributed by atoms with Gasteiger partial charge in [-0.3, -0.25) is 4.90 Å². The van der Waals surface area contributed by atoms with Gasteiger partial charge in [0.25, 0.3) is 0 Å². The molecule has 1 heterocycles. The highest BCUT2D eigenvalue weighted by atomic mass is 16.5. The Balaban J connectivity index is 2.33. The average Bonchev–Trinajstić information content (AvgIpc) is 2.43. The zero-order valence-electron chi connectivity index (χ0n) is 9.86. The Labute approximate surface area is 87.6 Å². The molecule has 2 atom stereocenters. The molecule has 3 heteroatoms. The van der Waals surface area contributed by atoms with Crippen LogP contribution in [0.15, 0.2) is 0 Å². The van der Waals surface area contributed by atoms with E-state index in [4.69, 9.17) is 10.5 Å².